The van der Waals surface area contributed by atoms with Gasteiger partial charge in [0.25, 0.3) is 0 Å². The van der Waals surface area contributed by atoms with Gasteiger partial charge in [-0.3, -0.25) is 0 Å². The predicted octanol–water partition coefficient (Wildman–Crippen LogP) is 2.19. The van der Waals surface area contributed by atoms with Crippen molar-refractivity contribution in [3.63, 3.8) is 0 Å². The van der Waals surface area contributed by atoms with E-state index in [0.717, 1.165) is 18.2 Å². The molecule has 0 rings (SSSR count). The van der Waals surface area contributed by atoms with Crippen molar-refractivity contribution in [2.24, 2.45) is 11.8 Å². The van der Waals surface area contributed by atoms with Gasteiger partial charge in [0.05, 0.1) is 0 Å². The molecule has 0 aliphatic heterocycles. The van der Waals surface area contributed by atoms with Gasteiger partial charge in [-0.05, 0) is 18.4 Å². The van der Waals surface area contributed by atoms with Crippen molar-refractivity contribution in [2.45, 2.75) is 33.7 Å². The monoisotopic (exact) mass is 175 g/mol. The summed E-state index contributed by atoms with van der Waals surface area (Å²) in [6.45, 7) is 10.0. The molecule has 0 amide bonds. The van der Waals surface area contributed by atoms with Gasteiger partial charge in [-0.15, -0.1) is 0 Å². The molecule has 0 saturated heterocycles. The van der Waals surface area contributed by atoms with Gasteiger partial charge in [-0.25, -0.2) is 0 Å². The summed E-state index contributed by atoms with van der Waals surface area (Å²) in [6, 6.07) is 0.570. The van der Waals surface area contributed by atoms with Crippen molar-refractivity contribution < 1.29 is 0 Å². The summed E-state index contributed by atoms with van der Waals surface area (Å²) < 4.78 is 0. The van der Waals surface area contributed by atoms with E-state index in [1.807, 2.05) is 0 Å². The Morgan fingerprint density at radius 3 is 2.00 bits per heavy atom. The van der Waals surface area contributed by atoms with Gasteiger partial charge in [-0.1, -0.05) is 27.7 Å². The van der Waals surface area contributed by atoms with E-state index in [1.54, 1.807) is 0 Å². The highest BCUT2D eigenvalue weighted by Crippen LogP contribution is 2.03. The molecule has 0 aromatic heterocycles. The lowest BCUT2D eigenvalue weighted by molar-refractivity contribution is 0.406. The van der Waals surface area contributed by atoms with E-state index in [1.165, 1.54) is 0 Å². The summed E-state index contributed by atoms with van der Waals surface area (Å²) in [6.07, 6.45) is 0. The van der Waals surface area contributed by atoms with Crippen molar-refractivity contribution in [1.29, 1.82) is 0 Å². The van der Waals surface area contributed by atoms with Gasteiger partial charge in [0, 0.05) is 11.8 Å². The molecule has 0 aromatic rings. The normalized spacial score (nSPS) is 14.5. The summed E-state index contributed by atoms with van der Waals surface area (Å²) in [5.41, 5.74) is 0. The molecule has 0 saturated carbocycles. The third-order valence-electron chi connectivity index (χ3n) is 1.79. The number of thiol groups is 1. The first-order valence-electron chi connectivity index (χ1n) is 4.42. The second-order valence-electron chi connectivity index (χ2n) is 3.84. The third-order valence-corrected chi connectivity index (χ3v) is 2.18. The summed E-state index contributed by atoms with van der Waals surface area (Å²) in [5, 5.41) is 3.49. The molecule has 0 bridgehead atoms. The molecule has 1 unspecified atom stereocenters. The molecule has 1 nitrogen and oxygen atoms in total. The smallest absolute Gasteiger partial charge is 0.0178 e. The highest BCUT2D eigenvalue weighted by molar-refractivity contribution is 7.80. The van der Waals surface area contributed by atoms with Crippen LogP contribution in [0.15, 0.2) is 0 Å². The molecule has 2 heteroatoms. The van der Waals surface area contributed by atoms with Crippen molar-refractivity contribution in [1.82, 2.24) is 5.32 Å². The number of rotatable bonds is 5. The SMILES string of the molecule is CC(C)CNC(CS)C(C)C. The van der Waals surface area contributed by atoms with Gasteiger partial charge in [-0.2, -0.15) is 12.6 Å². The zero-order chi connectivity index (χ0) is 8.85. The first-order chi connectivity index (χ1) is 5.07. The lowest BCUT2D eigenvalue weighted by Gasteiger charge is -2.21. The Labute approximate surface area is 76.4 Å². The van der Waals surface area contributed by atoms with Crippen LogP contribution in [0.3, 0.4) is 0 Å². The molecule has 0 aliphatic carbocycles. The van der Waals surface area contributed by atoms with Crippen LogP contribution in [0.4, 0.5) is 0 Å². The Bertz CT molecular complexity index is 91.6. The van der Waals surface area contributed by atoms with Gasteiger partial charge in [0.2, 0.25) is 0 Å². The van der Waals surface area contributed by atoms with Crippen LogP contribution in [-0.4, -0.2) is 18.3 Å². The van der Waals surface area contributed by atoms with E-state index in [0.29, 0.717) is 12.0 Å². The van der Waals surface area contributed by atoms with Gasteiger partial charge >= 0.3 is 0 Å². The van der Waals surface area contributed by atoms with Crippen molar-refractivity contribution in [2.75, 3.05) is 12.3 Å². The van der Waals surface area contributed by atoms with Gasteiger partial charge in [0.15, 0.2) is 0 Å². The Morgan fingerprint density at radius 1 is 1.18 bits per heavy atom. The summed E-state index contributed by atoms with van der Waals surface area (Å²) in [5.74, 6) is 2.35. The Morgan fingerprint density at radius 2 is 1.73 bits per heavy atom. The van der Waals surface area contributed by atoms with Crippen LogP contribution in [0.25, 0.3) is 0 Å². The minimum Gasteiger partial charge on any atom is -0.313 e. The minimum absolute atomic E-state index is 0.570. The van der Waals surface area contributed by atoms with Crippen LogP contribution in [0.1, 0.15) is 27.7 Å². The molecule has 0 heterocycles. The number of hydrogen-bond acceptors (Lipinski definition) is 2. The van der Waals surface area contributed by atoms with Crippen molar-refractivity contribution in [3.8, 4) is 0 Å². The van der Waals surface area contributed by atoms with E-state index >= 15 is 0 Å². The summed E-state index contributed by atoms with van der Waals surface area (Å²) in [4.78, 5) is 0. The fraction of sp³-hybridized carbons (Fsp3) is 1.00. The second-order valence-corrected chi connectivity index (χ2v) is 4.20. The minimum atomic E-state index is 0.570. The molecule has 0 radical (unpaired) electrons. The highest BCUT2D eigenvalue weighted by Gasteiger charge is 2.10. The molecular formula is C9H21NS. The topological polar surface area (TPSA) is 12.0 Å². The first kappa shape index (κ1) is 11.3. The Balaban J connectivity index is 3.52. The van der Waals surface area contributed by atoms with E-state index < -0.39 is 0 Å². The molecule has 1 atom stereocenters. The number of nitrogens with one attached hydrogen (secondary N) is 1. The van der Waals surface area contributed by atoms with Crippen molar-refractivity contribution in [3.05, 3.63) is 0 Å². The lowest BCUT2D eigenvalue weighted by atomic mass is 10.1. The van der Waals surface area contributed by atoms with Crippen LogP contribution in [0, 0.1) is 11.8 Å². The Kier molecular flexibility index (Phi) is 6.06. The van der Waals surface area contributed by atoms with Crippen LogP contribution in [-0.2, 0) is 0 Å². The van der Waals surface area contributed by atoms with Crippen LogP contribution < -0.4 is 5.32 Å². The van der Waals surface area contributed by atoms with E-state index in [-0.39, 0.29) is 0 Å². The van der Waals surface area contributed by atoms with Crippen LogP contribution in [0.2, 0.25) is 0 Å². The van der Waals surface area contributed by atoms with Crippen LogP contribution >= 0.6 is 12.6 Å². The standard InChI is InChI=1S/C9H21NS/c1-7(2)5-10-9(6-11)8(3)4/h7-11H,5-6H2,1-4H3. The highest BCUT2D eigenvalue weighted by atomic mass is 32.1. The molecule has 0 fully saturated rings. The fourth-order valence-electron chi connectivity index (χ4n) is 0.898. The molecule has 0 aliphatic rings. The average Bonchev–Trinajstić information content (AvgIpc) is 1.87. The maximum Gasteiger partial charge on any atom is 0.0178 e. The number of hydrogen-bond donors (Lipinski definition) is 2. The molecule has 1 N–H and O–H groups in total. The molecular weight excluding hydrogens is 154 g/mol. The molecule has 0 spiro atoms. The molecule has 68 valence electrons. The van der Waals surface area contributed by atoms with E-state index in [4.69, 9.17) is 0 Å². The zero-order valence-electron chi connectivity index (χ0n) is 8.09. The van der Waals surface area contributed by atoms with E-state index in [9.17, 15) is 0 Å². The summed E-state index contributed by atoms with van der Waals surface area (Å²) >= 11 is 4.29. The van der Waals surface area contributed by atoms with Crippen LogP contribution in [0.5, 0.6) is 0 Å². The zero-order valence-corrected chi connectivity index (χ0v) is 8.99. The maximum absolute atomic E-state index is 4.29. The predicted molar refractivity (Wildman–Crippen MR) is 55.3 cm³/mol. The van der Waals surface area contributed by atoms with E-state index in [2.05, 4.69) is 45.6 Å². The largest absolute Gasteiger partial charge is 0.313 e. The van der Waals surface area contributed by atoms with Gasteiger partial charge in [0.1, 0.15) is 0 Å². The Hall–Kier alpha value is 0.310. The van der Waals surface area contributed by atoms with Crippen molar-refractivity contribution >= 4 is 12.6 Å². The fourth-order valence-corrected chi connectivity index (χ4v) is 1.45. The lowest BCUT2D eigenvalue weighted by Crippen LogP contribution is -2.37. The second kappa shape index (κ2) is 5.90. The first-order valence-corrected chi connectivity index (χ1v) is 5.05. The van der Waals surface area contributed by atoms with Gasteiger partial charge < -0.3 is 5.32 Å². The molecule has 0 aromatic carbocycles. The quantitative estimate of drug-likeness (QED) is 0.610. The third kappa shape index (κ3) is 5.57. The maximum atomic E-state index is 4.29. The average molecular weight is 175 g/mol. The molecule has 11 heavy (non-hydrogen) atoms. The summed E-state index contributed by atoms with van der Waals surface area (Å²) in [7, 11) is 0.